The minimum atomic E-state index is -0.228. The van der Waals surface area contributed by atoms with E-state index < -0.39 is 0 Å². The van der Waals surface area contributed by atoms with Crippen LogP contribution in [-0.2, 0) is 12.8 Å². The summed E-state index contributed by atoms with van der Waals surface area (Å²) in [6.07, 6.45) is 2.66. The Kier molecular flexibility index (Phi) is 4.69. The Balaban J connectivity index is 2.25. The smallest absolute Gasteiger partial charge is 0.131 e. The van der Waals surface area contributed by atoms with Gasteiger partial charge in [-0.1, -0.05) is 49.7 Å². The number of aliphatic hydroxyl groups is 1. The van der Waals surface area contributed by atoms with Gasteiger partial charge in [-0.2, -0.15) is 0 Å². The SMILES string of the molecule is CCCc1ccc(-c2ccc(CCO)cc2F)cc1. The molecule has 2 heteroatoms. The number of benzene rings is 2. The number of hydrogen-bond donors (Lipinski definition) is 1. The van der Waals surface area contributed by atoms with Gasteiger partial charge in [0.1, 0.15) is 5.82 Å². The predicted molar refractivity (Wildman–Crippen MR) is 76.6 cm³/mol. The van der Waals surface area contributed by atoms with Gasteiger partial charge in [-0.25, -0.2) is 4.39 Å². The summed E-state index contributed by atoms with van der Waals surface area (Å²) in [7, 11) is 0. The summed E-state index contributed by atoms with van der Waals surface area (Å²) < 4.78 is 14.0. The van der Waals surface area contributed by atoms with Crippen molar-refractivity contribution in [3.63, 3.8) is 0 Å². The molecular formula is C17H19FO. The molecule has 0 amide bonds. The number of rotatable bonds is 5. The highest BCUT2D eigenvalue weighted by atomic mass is 19.1. The normalized spacial score (nSPS) is 10.7. The molecule has 0 atom stereocenters. The summed E-state index contributed by atoms with van der Waals surface area (Å²) >= 11 is 0. The van der Waals surface area contributed by atoms with Crippen molar-refractivity contribution in [3.8, 4) is 11.1 Å². The number of aliphatic hydroxyl groups excluding tert-OH is 1. The van der Waals surface area contributed by atoms with Crippen LogP contribution in [0.1, 0.15) is 24.5 Å². The van der Waals surface area contributed by atoms with Crippen molar-refractivity contribution in [2.45, 2.75) is 26.2 Å². The second-order valence-corrected chi connectivity index (χ2v) is 4.73. The fourth-order valence-corrected chi connectivity index (χ4v) is 2.22. The van der Waals surface area contributed by atoms with Gasteiger partial charge in [0, 0.05) is 12.2 Å². The van der Waals surface area contributed by atoms with E-state index in [2.05, 4.69) is 19.1 Å². The maximum Gasteiger partial charge on any atom is 0.131 e. The predicted octanol–water partition coefficient (Wildman–Crippen LogP) is 3.98. The average molecular weight is 258 g/mol. The van der Waals surface area contributed by atoms with Crippen LogP contribution >= 0.6 is 0 Å². The molecule has 0 aliphatic carbocycles. The first kappa shape index (κ1) is 13.8. The first-order chi connectivity index (χ1) is 9.24. The van der Waals surface area contributed by atoms with E-state index in [1.807, 2.05) is 18.2 Å². The lowest BCUT2D eigenvalue weighted by Gasteiger charge is -2.07. The highest BCUT2D eigenvalue weighted by molar-refractivity contribution is 5.64. The fourth-order valence-electron chi connectivity index (χ4n) is 2.22. The molecule has 0 fully saturated rings. The highest BCUT2D eigenvalue weighted by Gasteiger charge is 2.06. The highest BCUT2D eigenvalue weighted by Crippen LogP contribution is 2.24. The third kappa shape index (κ3) is 3.42. The van der Waals surface area contributed by atoms with Crippen LogP contribution in [0.4, 0.5) is 4.39 Å². The van der Waals surface area contributed by atoms with Crippen LogP contribution in [0.15, 0.2) is 42.5 Å². The van der Waals surface area contributed by atoms with E-state index in [1.165, 1.54) is 11.6 Å². The molecule has 0 bridgehead atoms. The first-order valence-electron chi connectivity index (χ1n) is 6.73. The molecule has 0 saturated heterocycles. The van der Waals surface area contributed by atoms with Crippen molar-refractivity contribution in [2.24, 2.45) is 0 Å². The third-order valence-corrected chi connectivity index (χ3v) is 3.24. The van der Waals surface area contributed by atoms with Gasteiger partial charge in [0.15, 0.2) is 0 Å². The lowest BCUT2D eigenvalue weighted by atomic mass is 10.00. The summed E-state index contributed by atoms with van der Waals surface area (Å²) in [5.41, 5.74) is 3.62. The molecule has 2 aromatic rings. The van der Waals surface area contributed by atoms with Crippen LogP contribution in [0.25, 0.3) is 11.1 Å². The summed E-state index contributed by atoms with van der Waals surface area (Å²) in [4.78, 5) is 0. The van der Waals surface area contributed by atoms with Crippen LogP contribution in [0.3, 0.4) is 0 Å². The van der Waals surface area contributed by atoms with Crippen LogP contribution in [0.5, 0.6) is 0 Å². The van der Waals surface area contributed by atoms with E-state index >= 15 is 0 Å². The van der Waals surface area contributed by atoms with Crippen LogP contribution in [0, 0.1) is 5.82 Å². The molecule has 1 N–H and O–H groups in total. The fraction of sp³-hybridized carbons (Fsp3) is 0.294. The topological polar surface area (TPSA) is 20.2 Å². The van der Waals surface area contributed by atoms with Crippen LogP contribution in [0.2, 0.25) is 0 Å². The molecule has 0 spiro atoms. The van der Waals surface area contributed by atoms with E-state index in [1.54, 1.807) is 6.07 Å². The molecule has 0 aliphatic heterocycles. The van der Waals surface area contributed by atoms with Gasteiger partial charge in [-0.15, -0.1) is 0 Å². The van der Waals surface area contributed by atoms with Gasteiger partial charge in [-0.05, 0) is 35.6 Å². The Morgan fingerprint density at radius 2 is 1.63 bits per heavy atom. The summed E-state index contributed by atoms with van der Waals surface area (Å²) in [5, 5.41) is 8.86. The lowest BCUT2D eigenvalue weighted by Crippen LogP contribution is -1.93. The third-order valence-electron chi connectivity index (χ3n) is 3.24. The molecular weight excluding hydrogens is 239 g/mol. The Morgan fingerprint density at radius 3 is 2.21 bits per heavy atom. The minimum Gasteiger partial charge on any atom is -0.396 e. The largest absolute Gasteiger partial charge is 0.396 e. The summed E-state index contributed by atoms with van der Waals surface area (Å²) in [6.45, 7) is 2.19. The molecule has 2 rings (SSSR count). The van der Waals surface area contributed by atoms with Crippen molar-refractivity contribution in [1.29, 1.82) is 0 Å². The standard InChI is InChI=1S/C17H19FO/c1-2-3-13-4-7-15(8-5-13)16-9-6-14(10-11-19)12-17(16)18/h4-9,12,19H,2-3,10-11H2,1H3. The van der Waals surface area contributed by atoms with Gasteiger partial charge in [-0.3, -0.25) is 0 Å². The minimum absolute atomic E-state index is 0.0461. The van der Waals surface area contributed by atoms with E-state index in [-0.39, 0.29) is 12.4 Å². The quantitative estimate of drug-likeness (QED) is 0.860. The summed E-state index contributed by atoms with van der Waals surface area (Å²) in [6, 6.07) is 13.2. The van der Waals surface area contributed by atoms with Crippen molar-refractivity contribution in [2.75, 3.05) is 6.61 Å². The zero-order valence-corrected chi connectivity index (χ0v) is 11.2. The van der Waals surface area contributed by atoms with E-state index in [0.717, 1.165) is 24.0 Å². The molecule has 0 unspecified atom stereocenters. The van der Waals surface area contributed by atoms with Crippen molar-refractivity contribution in [1.82, 2.24) is 0 Å². The van der Waals surface area contributed by atoms with Crippen molar-refractivity contribution in [3.05, 3.63) is 59.4 Å². The van der Waals surface area contributed by atoms with Crippen LogP contribution < -0.4 is 0 Å². The average Bonchev–Trinajstić information content (AvgIpc) is 2.41. The van der Waals surface area contributed by atoms with E-state index in [9.17, 15) is 4.39 Å². The maximum absolute atomic E-state index is 14.0. The monoisotopic (exact) mass is 258 g/mol. The van der Waals surface area contributed by atoms with Crippen molar-refractivity contribution >= 4 is 0 Å². The van der Waals surface area contributed by atoms with Gasteiger partial charge >= 0.3 is 0 Å². The number of aryl methyl sites for hydroxylation is 1. The van der Waals surface area contributed by atoms with Gasteiger partial charge in [0.25, 0.3) is 0 Å². The van der Waals surface area contributed by atoms with Gasteiger partial charge in [0.05, 0.1) is 0 Å². The van der Waals surface area contributed by atoms with E-state index in [0.29, 0.717) is 12.0 Å². The Morgan fingerprint density at radius 1 is 0.947 bits per heavy atom. The second kappa shape index (κ2) is 6.48. The van der Waals surface area contributed by atoms with Gasteiger partial charge < -0.3 is 5.11 Å². The second-order valence-electron chi connectivity index (χ2n) is 4.73. The lowest BCUT2D eigenvalue weighted by molar-refractivity contribution is 0.299. The molecule has 0 aliphatic rings. The molecule has 19 heavy (non-hydrogen) atoms. The Bertz CT molecular complexity index is 531. The Hall–Kier alpha value is -1.67. The molecule has 100 valence electrons. The molecule has 0 saturated carbocycles. The van der Waals surface area contributed by atoms with Crippen molar-refractivity contribution < 1.29 is 9.50 Å². The number of hydrogen-bond acceptors (Lipinski definition) is 1. The zero-order valence-electron chi connectivity index (χ0n) is 11.2. The Labute approximate surface area is 113 Å². The van der Waals surface area contributed by atoms with Gasteiger partial charge in [0.2, 0.25) is 0 Å². The van der Waals surface area contributed by atoms with Crippen LogP contribution in [-0.4, -0.2) is 11.7 Å². The zero-order chi connectivity index (χ0) is 13.7. The molecule has 0 heterocycles. The summed E-state index contributed by atoms with van der Waals surface area (Å²) in [5.74, 6) is -0.228. The first-order valence-corrected chi connectivity index (χ1v) is 6.73. The molecule has 2 aromatic carbocycles. The molecule has 1 nitrogen and oxygen atoms in total. The molecule has 0 radical (unpaired) electrons. The molecule has 0 aromatic heterocycles. The number of halogens is 1. The maximum atomic E-state index is 14.0. The van der Waals surface area contributed by atoms with E-state index in [4.69, 9.17) is 5.11 Å².